The molecular formula is C15H14BrClO3. The van der Waals surface area contributed by atoms with E-state index >= 15 is 0 Å². The van der Waals surface area contributed by atoms with Crippen molar-refractivity contribution in [2.24, 2.45) is 0 Å². The Kier molecular flexibility index (Phi) is 3.94. The van der Waals surface area contributed by atoms with Crippen LogP contribution in [0.5, 0.6) is 11.5 Å². The maximum absolute atomic E-state index is 6.37. The number of fused-ring (bicyclic) bond motifs is 1. The maximum Gasteiger partial charge on any atom is 0.162 e. The monoisotopic (exact) mass is 356 g/mol. The Morgan fingerprint density at radius 1 is 1.20 bits per heavy atom. The van der Waals surface area contributed by atoms with Gasteiger partial charge in [-0.25, -0.2) is 0 Å². The molecule has 1 aromatic heterocycles. The van der Waals surface area contributed by atoms with Gasteiger partial charge in [0.2, 0.25) is 0 Å². The van der Waals surface area contributed by atoms with Crippen molar-refractivity contribution < 1.29 is 13.9 Å². The van der Waals surface area contributed by atoms with Crippen molar-refractivity contribution >= 4 is 27.5 Å². The van der Waals surface area contributed by atoms with Crippen molar-refractivity contribution in [1.29, 1.82) is 0 Å². The molecular weight excluding hydrogens is 344 g/mol. The maximum atomic E-state index is 6.37. The van der Waals surface area contributed by atoms with Gasteiger partial charge >= 0.3 is 0 Å². The molecule has 0 bridgehead atoms. The number of hydrogen-bond donors (Lipinski definition) is 0. The van der Waals surface area contributed by atoms with Crippen LogP contribution in [0.2, 0.25) is 5.02 Å². The third-order valence-corrected chi connectivity index (χ3v) is 4.51. The number of ether oxygens (including phenoxy) is 2. The zero-order valence-corrected chi connectivity index (χ0v) is 13.3. The van der Waals surface area contributed by atoms with Crippen LogP contribution in [-0.2, 0) is 0 Å². The molecule has 1 unspecified atom stereocenters. The second kappa shape index (κ2) is 5.70. The van der Waals surface area contributed by atoms with Crippen LogP contribution in [0.25, 0.3) is 0 Å². The Balaban J connectivity index is 2.01. The van der Waals surface area contributed by atoms with Crippen LogP contribution in [0.1, 0.15) is 28.1 Å². The van der Waals surface area contributed by atoms with E-state index in [0.29, 0.717) is 24.0 Å². The lowest BCUT2D eigenvalue weighted by molar-refractivity contribution is 0.297. The molecule has 1 aromatic carbocycles. The van der Waals surface area contributed by atoms with E-state index in [2.05, 4.69) is 15.9 Å². The minimum absolute atomic E-state index is 0.109. The first-order valence-corrected chi connectivity index (χ1v) is 7.73. The van der Waals surface area contributed by atoms with E-state index < -0.39 is 0 Å². The molecule has 3 rings (SSSR count). The standard InChI is InChI=1S/C15H14BrClO3/c1-9-3-6-20-15(9)14(16)10-7-12-13(8-11(10)17)19-5-2-4-18-12/h3,6-8,14H,2,4-5H2,1H3. The topological polar surface area (TPSA) is 31.6 Å². The number of aryl methyl sites for hydroxylation is 1. The van der Waals surface area contributed by atoms with Gasteiger partial charge in [-0.3, -0.25) is 0 Å². The van der Waals surface area contributed by atoms with E-state index in [1.807, 2.05) is 25.1 Å². The van der Waals surface area contributed by atoms with Crippen LogP contribution in [0.15, 0.2) is 28.9 Å². The summed E-state index contributed by atoms with van der Waals surface area (Å²) >= 11 is 10.0. The van der Waals surface area contributed by atoms with Gasteiger partial charge < -0.3 is 13.9 Å². The quantitative estimate of drug-likeness (QED) is 0.717. The Labute approximate surface area is 130 Å². The van der Waals surface area contributed by atoms with E-state index in [9.17, 15) is 0 Å². The van der Waals surface area contributed by atoms with E-state index in [4.69, 9.17) is 25.5 Å². The SMILES string of the molecule is Cc1ccoc1C(Br)c1cc2c(cc1Cl)OCCCO2. The molecule has 2 aromatic rings. The van der Waals surface area contributed by atoms with Crippen LogP contribution in [0, 0.1) is 6.92 Å². The van der Waals surface area contributed by atoms with Crippen LogP contribution in [0.4, 0.5) is 0 Å². The first-order valence-electron chi connectivity index (χ1n) is 6.44. The zero-order valence-electron chi connectivity index (χ0n) is 11.0. The van der Waals surface area contributed by atoms with E-state index in [0.717, 1.165) is 29.1 Å². The van der Waals surface area contributed by atoms with Crippen molar-refractivity contribution in [3.05, 3.63) is 46.4 Å². The van der Waals surface area contributed by atoms with Gasteiger partial charge in [0.1, 0.15) is 5.76 Å². The van der Waals surface area contributed by atoms with Gasteiger partial charge in [-0.05, 0) is 30.2 Å². The number of halogens is 2. The summed E-state index contributed by atoms with van der Waals surface area (Å²) in [5, 5.41) is 0.631. The smallest absolute Gasteiger partial charge is 0.162 e. The van der Waals surface area contributed by atoms with Crippen molar-refractivity contribution in [3.63, 3.8) is 0 Å². The number of hydrogen-bond acceptors (Lipinski definition) is 3. The molecule has 20 heavy (non-hydrogen) atoms. The lowest BCUT2D eigenvalue weighted by Gasteiger charge is -2.15. The van der Waals surface area contributed by atoms with Crippen LogP contribution >= 0.6 is 27.5 Å². The van der Waals surface area contributed by atoms with Gasteiger partial charge in [0.15, 0.2) is 11.5 Å². The molecule has 106 valence electrons. The van der Waals surface area contributed by atoms with Gasteiger partial charge in [-0.1, -0.05) is 27.5 Å². The second-order valence-corrected chi connectivity index (χ2v) is 6.02. The summed E-state index contributed by atoms with van der Waals surface area (Å²) in [6.07, 6.45) is 2.55. The van der Waals surface area contributed by atoms with Crippen molar-refractivity contribution in [1.82, 2.24) is 0 Å². The Morgan fingerprint density at radius 3 is 2.55 bits per heavy atom. The lowest BCUT2D eigenvalue weighted by Crippen LogP contribution is -1.98. The minimum atomic E-state index is -0.109. The molecule has 5 heteroatoms. The number of furan rings is 1. The first kappa shape index (κ1) is 13.8. The van der Waals surface area contributed by atoms with Crippen molar-refractivity contribution in [2.75, 3.05) is 13.2 Å². The van der Waals surface area contributed by atoms with Gasteiger partial charge in [-0.15, -0.1) is 0 Å². The third kappa shape index (κ3) is 2.54. The van der Waals surface area contributed by atoms with Crippen molar-refractivity contribution in [2.45, 2.75) is 18.2 Å². The summed E-state index contributed by atoms with van der Waals surface area (Å²) in [5.74, 6) is 2.28. The normalized spacial score (nSPS) is 15.8. The average Bonchev–Trinajstić information content (AvgIpc) is 2.72. The summed E-state index contributed by atoms with van der Waals surface area (Å²) in [6, 6.07) is 5.66. The Morgan fingerprint density at radius 2 is 1.90 bits per heavy atom. The van der Waals surface area contributed by atoms with E-state index in [-0.39, 0.29) is 4.83 Å². The van der Waals surface area contributed by atoms with Crippen LogP contribution in [0.3, 0.4) is 0 Å². The molecule has 1 aliphatic heterocycles. The predicted molar refractivity (Wildman–Crippen MR) is 81.3 cm³/mol. The largest absolute Gasteiger partial charge is 0.490 e. The fourth-order valence-corrected chi connectivity index (χ4v) is 3.42. The molecule has 0 N–H and O–H groups in total. The summed E-state index contributed by atoms with van der Waals surface area (Å²) in [5.41, 5.74) is 1.99. The Hall–Kier alpha value is -1.13. The van der Waals surface area contributed by atoms with E-state index in [1.54, 1.807) is 6.26 Å². The van der Waals surface area contributed by atoms with Gasteiger partial charge in [-0.2, -0.15) is 0 Å². The van der Waals surface area contributed by atoms with Gasteiger partial charge in [0.05, 0.1) is 24.3 Å². The minimum Gasteiger partial charge on any atom is -0.490 e. The molecule has 0 aliphatic carbocycles. The molecule has 1 aliphatic rings. The molecule has 0 amide bonds. The number of alkyl halides is 1. The number of rotatable bonds is 2. The molecule has 0 spiro atoms. The Bertz CT molecular complexity index is 624. The molecule has 2 heterocycles. The second-order valence-electron chi connectivity index (χ2n) is 4.70. The fraction of sp³-hybridized carbons (Fsp3) is 0.333. The molecule has 3 nitrogen and oxygen atoms in total. The molecule has 1 atom stereocenters. The molecule has 0 saturated heterocycles. The van der Waals surface area contributed by atoms with Crippen LogP contribution < -0.4 is 9.47 Å². The lowest BCUT2D eigenvalue weighted by atomic mass is 10.1. The summed E-state index contributed by atoms with van der Waals surface area (Å²) in [4.78, 5) is -0.109. The van der Waals surface area contributed by atoms with Gasteiger partial charge in [0.25, 0.3) is 0 Å². The zero-order chi connectivity index (χ0) is 14.1. The third-order valence-electron chi connectivity index (χ3n) is 3.27. The molecule has 0 saturated carbocycles. The molecule has 0 radical (unpaired) electrons. The fourth-order valence-electron chi connectivity index (χ4n) is 2.18. The van der Waals surface area contributed by atoms with Crippen molar-refractivity contribution in [3.8, 4) is 11.5 Å². The predicted octanol–water partition coefficient (Wildman–Crippen LogP) is 4.89. The highest BCUT2D eigenvalue weighted by atomic mass is 79.9. The van der Waals surface area contributed by atoms with Crippen LogP contribution in [-0.4, -0.2) is 13.2 Å². The van der Waals surface area contributed by atoms with E-state index in [1.165, 1.54) is 0 Å². The summed E-state index contributed by atoms with van der Waals surface area (Å²) in [7, 11) is 0. The molecule has 0 fully saturated rings. The first-order chi connectivity index (χ1) is 9.66. The highest BCUT2D eigenvalue weighted by Crippen LogP contribution is 2.43. The van der Waals surface area contributed by atoms with Gasteiger partial charge in [0, 0.05) is 17.5 Å². The highest BCUT2D eigenvalue weighted by molar-refractivity contribution is 9.09. The summed E-state index contributed by atoms with van der Waals surface area (Å²) in [6.45, 7) is 3.31. The average molecular weight is 358 g/mol. The highest BCUT2D eigenvalue weighted by Gasteiger charge is 2.22. The summed E-state index contributed by atoms with van der Waals surface area (Å²) < 4.78 is 16.9. The number of benzene rings is 1.